The molecule has 3 rings (SSSR count). The molecule has 0 unspecified atom stereocenters. The Hall–Kier alpha value is -2.40. The smallest absolute Gasteiger partial charge is 0.218 e. The van der Waals surface area contributed by atoms with Crippen LogP contribution >= 0.6 is 11.6 Å². The second kappa shape index (κ2) is 7.23. The summed E-state index contributed by atoms with van der Waals surface area (Å²) in [7, 11) is 3.71. The van der Waals surface area contributed by atoms with Gasteiger partial charge in [-0.3, -0.25) is 14.7 Å². The van der Waals surface area contributed by atoms with Crippen molar-refractivity contribution in [3.05, 3.63) is 58.9 Å². The third-order valence-corrected chi connectivity index (χ3v) is 4.53. The van der Waals surface area contributed by atoms with Crippen LogP contribution in [-0.2, 0) is 4.79 Å². The van der Waals surface area contributed by atoms with E-state index in [1.54, 1.807) is 31.3 Å². The summed E-state index contributed by atoms with van der Waals surface area (Å²) in [5.41, 5.74) is 1.78. The molecule has 0 bridgehead atoms. The second-order valence-electron chi connectivity index (χ2n) is 6.01. The van der Waals surface area contributed by atoms with E-state index in [0.29, 0.717) is 28.8 Å². The van der Waals surface area contributed by atoms with Crippen LogP contribution in [0.25, 0.3) is 0 Å². The minimum atomic E-state index is -0.410. The number of rotatable bonds is 5. The molecule has 1 aliphatic carbocycles. The lowest BCUT2D eigenvalue weighted by atomic mass is 10.1. The molecule has 2 aromatic rings. The number of aliphatic imine (C=N–C) groups is 1. The summed E-state index contributed by atoms with van der Waals surface area (Å²) in [6.45, 7) is 0. The summed E-state index contributed by atoms with van der Waals surface area (Å²) >= 11 is 6.17. The molecule has 0 atom stereocenters. The van der Waals surface area contributed by atoms with E-state index in [1.807, 2.05) is 13.1 Å². The summed E-state index contributed by atoms with van der Waals surface area (Å²) in [5.74, 6) is 0.366. The summed E-state index contributed by atoms with van der Waals surface area (Å²) in [6, 6.07) is 11.7. The molecule has 0 spiro atoms. The van der Waals surface area contributed by atoms with Crippen molar-refractivity contribution in [1.82, 2.24) is 4.90 Å². The van der Waals surface area contributed by atoms with Crippen molar-refractivity contribution >= 4 is 35.2 Å². The largest absolute Gasteiger partial charge is 0.356 e. The fraction of sp³-hybridized carbons (Fsp3) is 0.263. The van der Waals surface area contributed by atoms with E-state index in [1.165, 1.54) is 17.0 Å². The van der Waals surface area contributed by atoms with Crippen molar-refractivity contribution in [3.8, 4) is 0 Å². The van der Waals surface area contributed by atoms with Crippen LogP contribution in [-0.4, -0.2) is 37.3 Å². The molecule has 4 nitrogen and oxygen atoms in total. The third-order valence-electron chi connectivity index (χ3n) is 4.29. The first-order chi connectivity index (χ1) is 12.0. The first-order valence-corrected chi connectivity index (χ1v) is 8.42. The standard InChI is InChI=1S/C19H19ClFN3O/c1-22-19(23(2)15-7-8-15)17-9-6-13(20)10-18(17)24(12-25)16-5-3-4-14(21)11-16/h3-6,9-12,15H,7-8H2,1-2H3. The minimum absolute atomic E-state index is 0.410. The van der Waals surface area contributed by atoms with Crippen LogP contribution in [0.15, 0.2) is 47.5 Å². The van der Waals surface area contributed by atoms with Crippen molar-refractivity contribution < 1.29 is 9.18 Å². The fourth-order valence-electron chi connectivity index (χ4n) is 2.88. The van der Waals surface area contributed by atoms with Gasteiger partial charge in [-0.2, -0.15) is 0 Å². The Balaban J connectivity index is 2.10. The van der Waals surface area contributed by atoms with Gasteiger partial charge in [0.2, 0.25) is 6.41 Å². The number of amides is 1. The lowest BCUT2D eigenvalue weighted by Crippen LogP contribution is -2.31. The molecular formula is C19H19ClFN3O. The zero-order valence-electron chi connectivity index (χ0n) is 14.1. The van der Waals surface area contributed by atoms with Crippen LogP contribution in [0.4, 0.5) is 15.8 Å². The number of benzene rings is 2. The second-order valence-corrected chi connectivity index (χ2v) is 6.44. The van der Waals surface area contributed by atoms with Crippen molar-refractivity contribution in [2.75, 3.05) is 19.0 Å². The Labute approximate surface area is 151 Å². The van der Waals surface area contributed by atoms with E-state index >= 15 is 0 Å². The van der Waals surface area contributed by atoms with Gasteiger partial charge in [-0.05, 0) is 49.2 Å². The van der Waals surface area contributed by atoms with Crippen molar-refractivity contribution in [3.63, 3.8) is 0 Å². The Morgan fingerprint density at radius 1 is 1.28 bits per heavy atom. The van der Waals surface area contributed by atoms with Crippen molar-refractivity contribution in [2.45, 2.75) is 18.9 Å². The SMILES string of the molecule is CN=C(c1ccc(Cl)cc1N(C=O)c1cccc(F)c1)N(C)C1CC1. The Morgan fingerprint density at radius 3 is 2.64 bits per heavy atom. The highest BCUT2D eigenvalue weighted by atomic mass is 35.5. The quantitative estimate of drug-likeness (QED) is 0.454. The molecule has 0 heterocycles. The summed E-state index contributed by atoms with van der Waals surface area (Å²) in [4.78, 5) is 19.7. The molecule has 1 amide bonds. The highest BCUT2D eigenvalue weighted by molar-refractivity contribution is 6.31. The van der Waals surface area contributed by atoms with Gasteiger partial charge in [-0.1, -0.05) is 17.7 Å². The number of carbonyl (C=O) groups excluding carboxylic acids is 1. The molecule has 1 fully saturated rings. The predicted molar refractivity (Wildman–Crippen MR) is 99.3 cm³/mol. The molecule has 0 aromatic heterocycles. The number of halogens is 2. The van der Waals surface area contributed by atoms with Crippen LogP contribution in [0.2, 0.25) is 5.02 Å². The molecule has 1 aliphatic rings. The number of carbonyl (C=O) groups is 1. The summed E-state index contributed by atoms with van der Waals surface area (Å²) < 4.78 is 13.6. The zero-order valence-corrected chi connectivity index (χ0v) is 14.9. The topological polar surface area (TPSA) is 35.9 Å². The zero-order chi connectivity index (χ0) is 18.0. The minimum Gasteiger partial charge on any atom is -0.356 e. The van der Waals surface area contributed by atoms with Gasteiger partial charge in [-0.25, -0.2) is 4.39 Å². The average Bonchev–Trinajstić information content (AvgIpc) is 3.43. The molecule has 0 N–H and O–H groups in total. The van der Waals surface area contributed by atoms with Gasteiger partial charge in [0.05, 0.1) is 11.4 Å². The maximum Gasteiger partial charge on any atom is 0.218 e. The number of hydrogen-bond acceptors (Lipinski definition) is 2. The molecule has 25 heavy (non-hydrogen) atoms. The Bertz CT molecular complexity index is 820. The number of anilines is 2. The van der Waals surface area contributed by atoms with E-state index < -0.39 is 5.82 Å². The molecule has 0 radical (unpaired) electrons. The molecule has 6 heteroatoms. The number of amidine groups is 1. The van der Waals surface area contributed by atoms with Crippen LogP contribution < -0.4 is 4.90 Å². The van der Waals surface area contributed by atoms with Crippen molar-refractivity contribution in [1.29, 1.82) is 0 Å². The van der Waals surface area contributed by atoms with Gasteiger partial charge in [0.15, 0.2) is 0 Å². The Morgan fingerprint density at radius 2 is 2.04 bits per heavy atom. The highest BCUT2D eigenvalue weighted by Crippen LogP contribution is 2.34. The average molecular weight is 360 g/mol. The molecule has 1 saturated carbocycles. The van der Waals surface area contributed by atoms with E-state index in [2.05, 4.69) is 9.89 Å². The maximum atomic E-state index is 13.6. The molecule has 130 valence electrons. The number of nitrogens with zero attached hydrogens (tertiary/aromatic N) is 3. The first-order valence-electron chi connectivity index (χ1n) is 8.04. The van der Waals surface area contributed by atoms with E-state index in [-0.39, 0.29) is 0 Å². The van der Waals surface area contributed by atoms with E-state index in [9.17, 15) is 9.18 Å². The monoisotopic (exact) mass is 359 g/mol. The van der Waals surface area contributed by atoms with Gasteiger partial charge >= 0.3 is 0 Å². The lowest BCUT2D eigenvalue weighted by molar-refractivity contribution is -0.106. The normalized spacial score (nSPS) is 14.3. The lowest BCUT2D eigenvalue weighted by Gasteiger charge is -2.26. The molecule has 0 saturated heterocycles. The number of hydrogen-bond donors (Lipinski definition) is 0. The predicted octanol–water partition coefficient (Wildman–Crippen LogP) is 4.24. The van der Waals surface area contributed by atoms with Gasteiger partial charge in [0.1, 0.15) is 11.7 Å². The van der Waals surface area contributed by atoms with E-state index in [4.69, 9.17) is 11.6 Å². The van der Waals surface area contributed by atoms with Gasteiger partial charge in [0, 0.05) is 30.7 Å². The fourth-order valence-corrected chi connectivity index (χ4v) is 3.05. The third kappa shape index (κ3) is 3.66. The van der Waals surface area contributed by atoms with Gasteiger partial charge < -0.3 is 4.90 Å². The molecular weight excluding hydrogens is 341 g/mol. The van der Waals surface area contributed by atoms with Crippen LogP contribution in [0.5, 0.6) is 0 Å². The summed E-state index contributed by atoms with van der Waals surface area (Å²) in [6.07, 6.45) is 2.91. The van der Waals surface area contributed by atoms with E-state index in [0.717, 1.165) is 24.2 Å². The maximum absolute atomic E-state index is 13.6. The van der Waals surface area contributed by atoms with Crippen LogP contribution in [0.1, 0.15) is 18.4 Å². The highest BCUT2D eigenvalue weighted by Gasteiger charge is 2.30. The molecule has 0 aliphatic heterocycles. The van der Waals surface area contributed by atoms with Gasteiger partial charge in [-0.15, -0.1) is 0 Å². The summed E-state index contributed by atoms with van der Waals surface area (Å²) in [5, 5.41) is 0.492. The van der Waals surface area contributed by atoms with Crippen LogP contribution in [0, 0.1) is 5.82 Å². The van der Waals surface area contributed by atoms with Crippen LogP contribution in [0.3, 0.4) is 0 Å². The first kappa shape index (κ1) is 17.4. The van der Waals surface area contributed by atoms with Crippen molar-refractivity contribution in [2.24, 2.45) is 4.99 Å². The van der Waals surface area contributed by atoms with Gasteiger partial charge in [0.25, 0.3) is 0 Å². The molecule has 2 aromatic carbocycles. The Kier molecular flexibility index (Phi) is 5.04.